The molecule has 2 N–H and O–H groups in total. The Kier molecular flexibility index (Phi) is 10.7. The van der Waals surface area contributed by atoms with Gasteiger partial charge in [0.25, 0.3) is 0 Å². The second-order valence-corrected chi connectivity index (χ2v) is 14.9. The highest BCUT2D eigenvalue weighted by atomic mass is 32.1. The van der Waals surface area contributed by atoms with Crippen LogP contribution in [0, 0.1) is 19.8 Å². The van der Waals surface area contributed by atoms with Crippen molar-refractivity contribution in [1.29, 1.82) is 0 Å². The maximum Gasteiger partial charge on any atom is 0.410 e. The molecule has 4 heterocycles. The number of amides is 3. The molecular weight excluding hydrogens is 634 g/mol. The molecule has 2 saturated heterocycles. The molecule has 0 aliphatic carbocycles. The minimum atomic E-state index is -0.834. The fourth-order valence-electron chi connectivity index (χ4n) is 6.17. The molecule has 3 atom stereocenters. The number of nitrogens with one attached hydrogen (secondary N) is 1. The van der Waals surface area contributed by atoms with Gasteiger partial charge >= 0.3 is 6.09 Å². The summed E-state index contributed by atoms with van der Waals surface area (Å²) in [6, 6.07) is 4.41. The molecule has 3 aromatic rings. The lowest BCUT2D eigenvalue weighted by Gasteiger charge is -2.34. The van der Waals surface area contributed by atoms with Crippen LogP contribution in [0.15, 0.2) is 29.9 Å². The number of carbonyl (C=O) groups excluding carboxylic acids is 3. The SMILES string of the molecule is Cc1cn([C@H](C(=O)N2C[C@H](O)C[C@H]2C(=O)NCc2ccc(-c3scnc3C)cc2OC2CCN(C(=O)OC(C)(C)C)CC2)C(C)C)nn1. The van der Waals surface area contributed by atoms with Gasteiger partial charge in [0, 0.05) is 57.2 Å². The Labute approximate surface area is 285 Å². The summed E-state index contributed by atoms with van der Waals surface area (Å²) in [4.78, 5) is 48.7. The number of hydrogen-bond acceptors (Lipinski definition) is 10. The van der Waals surface area contributed by atoms with Crippen molar-refractivity contribution < 1.29 is 29.0 Å². The van der Waals surface area contributed by atoms with E-state index in [9.17, 15) is 19.5 Å². The van der Waals surface area contributed by atoms with Crippen LogP contribution in [-0.2, 0) is 20.9 Å². The van der Waals surface area contributed by atoms with Crippen molar-refractivity contribution in [2.45, 2.75) is 104 Å². The molecule has 1 aromatic carbocycles. The molecule has 2 fully saturated rings. The van der Waals surface area contributed by atoms with Crippen LogP contribution in [0.2, 0.25) is 0 Å². The summed E-state index contributed by atoms with van der Waals surface area (Å²) < 4.78 is 13.7. The standard InChI is InChI=1S/C34H47N7O6S/c1-20(2)29(41-17-21(3)37-38-41)32(44)40-18-25(42)15-27(40)31(43)35-16-24-9-8-23(30-22(4)36-19-48-30)14-28(24)46-26-10-12-39(13-11-26)33(45)47-34(5,6)7/h8-9,14,17,19-20,25-27,29,42H,10-13,15-16,18H2,1-7H3,(H,35,43)/t25-,27+,29+/m1/s1. The number of aryl methyl sites for hydroxylation is 2. The summed E-state index contributed by atoms with van der Waals surface area (Å²) in [6.07, 6.45) is 1.84. The van der Waals surface area contributed by atoms with Gasteiger partial charge in [0.2, 0.25) is 11.8 Å². The van der Waals surface area contributed by atoms with Crippen LogP contribution >= 0.6 is 11.3 Å². The van der Waals surface area contributed by atoms with Gasteiger partial charge in [-0.25, -0.2) is 14.5 Å². The van der Waals surface area contributed by atoms with Gasteiger partial charge in [-0.15, -0.1) is 16.4 Å². The third-order valence-corrected chi connectivity index (χ3v) is 9.55. The average Bonchev–Trinajstić information content (AvgIpc) is 3.75. The lowest BCUT2D eigenvalue weighted by molar-refractivity contribution is -0.142. The van der Waals surface area contributed by atoms with Gasteiger partial charge < -0.3 is 29.7 Å². The fraction of sp³-hybridized carbons (Fsp3) is 0.588. The maximum absolute atomic E-state index is 13.8. The van der Waals surface area contributed by atoms with E-state index in [4.69, 9.17) is 9.47 Å². The number of nitrogens with zero attached hydrogens (tertiary/aromatic N) is 6. The summed E-state index contributed by atoms with van der Waals surface area (Å²) in [7, 11) is 0. The first-order valence-corrected chi connectivity index (χ1v) is 17.4. The molecular formula is C34H47N7O6S. The van der Waals surface area contributed by atoms with Crippen molar-refractivity contribution in [3.8, 4) is 16.2 Å². The summed E-state index contributed by atoms with van der Waals surface area (Å²) in [5, 5.41) is 21.7. The van der Waals surface area contributed by atoms with Gasteiger partial charge in [0.05, 0.1) is 27.9 Å². The number of aliphatic hydroxyl groups excluding tert-OH is 1. The molecule has 2 aliphatic heterocycles. The molecule has 2 aliphatic rings. The maximum atomic E-state index is 13.8. The summed E-state index contributed by atoms with van der Waals surface area (Å²) in [6.45, 7) is 14.4. The Hall–Kier alpha value is -4.04. The van der Waals surface area contributed by atoms with Crippen molar-refractivity contribution in [1.82, 2.24) is 35.1 Å². The molecule has 0 saturated carbocycles. The topological polar surface area (TPSA) is 152 Å². The van der Waals surface area contributed by atoms with Crippen molar-refractivity contribution in [2.24, 2.45) is 5.92 Å². The van der Waals surface area contributed by atoms with Crippen LogP contribution in [0.3, 0.4) is 0 Å². The number of thiazole rings is 1. The number of hydrogen-bond donors (Lipinski definition) is 2. The largest absolute Gasteiger partial charge is 0.490 e. The van der Waals surface area contributed by atoms with Crippen molar-refractivity contribution in [3.05, 3.63) is 46.9 Å². The van der Waals surface area contributed by atoms with E-state index < -0.39 is 23.8 Å². The molecule has 2 aromatic heterocycles. The number of carbonyl (C=O) groups is 3. The molecule has 3 amide bonds. The smallest absolute Gasteiger partial charge is 0.410 e. The van der Waals surface area contributed by atoms with Crippen LogP contribution in [0.25, 0.3) is 10.4 Å². The highest BCUT2D eigenvalue weighted by Gasteiger charge is 2.42. The molecule has 5 rings (SSSR count). The molecule has 0 radical (unpaired) electrons. The lowest BCUT2D eigenvalue weighted by Crippen LogP contribution is -2.49. The third-order valence-electron chi connectivity index (χ3n) is 8.57. The lowest BCUT2D eigenvalue weighted by atomic mass is 10.0. The minimum absolute atomic E-state index is 0.0626. The zero-order chi connectivity index (χ0) is 34.7. The number of β-amino-alcohol motifs (C(OH)–C–C–N with tert-alkyl or cyclic N) is 1. The first-order valence-electron chi connectivity index (χ1n) is 16.5. The first-order chi connectivity index (χ1) is 22.7. The van der Waals surface area contributed by atoms with Gasteiger partial charge in [0.15, 0.2) is 0 Å². The number of aromatic nitrogens is 4. The Morgan fingerprint density at radius 3 is 2.48 bits per heavy atom. The second kappa shape index (κ2) is 14.6. The molecule has 260 valence electrons. The predicted molar refractivity (Wildman–Crippen MR) is 180 cm³/mol. The van der Waals surface area contributed by atoms with Crippen molar-refractivity contribution >= 4 is 29.2 Å². The van der Waals surface area contributed by atoms with Gasteiger partial charge in [-0.2, -0.15) is 0 Å². The Balaban J connectivity index is 1.30. The molecule has 0 spiro atoms. The first kappa shape index (κ1) is 35.3. The van der Waals surface area contributed by atoms with E-state index >= 15 is 0 Å². The highest BCUT2D eigenvalue weighted by Crippen LogP contribution is 2.34. The summed E-state index contributed by atoms with van der Waals surface area (Å²) in [5.41, 5.74) is 4.59. The van der Waals surface area contributed by atoms with Gasteiger partial charge in [0.1, 0.15) is 29.5 Å². The van der Waals surface area contributed by atoms with Gasteiger partial charge in [-0.3, -0.25) is 9.59 Å². The summed E-state index contributed by atoms with van der Waals surface area (Å²) in [5.74, 6) is -0.109. The molecule has 14 heteroatoms. The number of piperidine rings is 1. The zero-order valence-electron chi connectivity index (χ0n) is 28.8. The number of likely N-dealkylation sites (tertiary alicyclic amines) is 2. The fourth-order valence-corrected chi connectivity index (χ4v) is 6.98. The number of ether oxygens (including phenoxy) is 2. The van der Waals surface area contributed by atoms with E-state index in [2.05, 4.69) is 20.6 Å². The minimum Gasteiger partial charge on any atom is -0.490 e. The van der Waals surface area contributed by atoms with E-state index in [-0.39, 0.29) is 49.4 Å². The number of rotatable bonds is 9. The van der Waals surface area contributed by atoms with Crippen LogP contribution in [-0.4, -0.2) is 96.3 Å². The van der Waals surface area contributed by atoms with E-state index in [1.54, 1.807) is 29.4 Å². The van der Waals surface area contributed by atoms with E-state index in [1.807, 2.05) is 65.3 Å². The monoisotopic (exact) mass is 681 g/mol. The normalized spacial score (nSPS) is 19.4. The van der Waals surface area contributed by atoms with E-state index in [1.165, 1.54) is 9.58 Å². The average molecular weight is 682 g/mol. The number of benzene rings is 1. The van der Waals surface area contributed by atoms with Crippen LogP contribution in [0.5, 0.6) is 5.75 Å². The highest BCUT2D eigenvalue weighted by molar-refractivity contribution is 7.13. The van der Waals surface area contributed by atoms with Gasteiger partial charge in [-0.05, 0) is 52.2 Å². The number of aliphatic hydroxyl groups is 1. The van der Waals surface area contributed by atoms with Crippen molar-refractivity contribution in [3.63, 3.8) is 0 Å². The Morgan fingerprint density at radius 2 is 1.88 bits per heavy atom. The summed E-state index contributed by atoms with van der Waals surface area (Å²) >= 11 is 1.55. The Morgan fingerprint density at radius 1 is 1.15 bits per heavy atom. The quantitative estimate of drug-likeness (QED) is 0.337. The van der Waals surface area contributed by atoms with Crippen molar-refractivity contribution in [2.75, 3.05) is 19.6 Å². The van der Waals surface area contributed by atoms with Gasteiger partial charge in [-0.1, -0.05) is 31.2 Å². The second-order valence-electron chi connectivity index (χ2n) is 14.0. The van der Waals surface area contributed by atoms with E-state index in [0.29, 0.717) is 37.4 Å². The van der Waals surface area contributed by atoms with Crippen LogP contribution in [0.4, 0.5) is 4.79 Å². The third kappa shape index (κ3) is 8.32. The molecule has 0 bridgehead atoms. The van der Waals surface area contributed by atoms with Crippen LogP contribution in [0.1, 0.15) is 76.9 Å². The zero-order valence-corrected chi connectivity index (χ0v) is 29.6. The van der Waals surface area contributed by atoms with E-state index in [0.717, 1.165) is 21.7 Å². The predicted octanol–water partition coefficient (Wildman–Crippen LogP) is 4.27. The molecule has 0 unspecified atom stereocenters. The Bertz CT molecular complexity index is 1610. The molecule has 48 heavy (non-hydrogen) atoms. The molecule has 13 nitrogen and oxygen atoms in total. The van der Waals surface area contributed by atoms with Crippen LogP contribution < -0.4 is 10.1 Å².